The van der Waals surface area contributed by atoms with E-state index in [4.69, 9.17) is 16.7 Å². The number of rotatable bonds is 4. The SMILES string of the molecule is O=C(O)c1ccc(Cl)c(NN=Cc2cc(Br)cc(Br)c2O)c1. The Bertz CT molecular complexity index is 766. The molecule has 0 atom stereocenters. The normalized spacial score (nSPS) is 10.9. The molecule has 0 aromatic heterocycles. The molecular formula is C14H9Br2ClN2O3. The van der Waals surface area contributed by atoms with Gasteiger partial charge in [0.05, 0.1) is 27.0 Å². The van der Waals surface area contributed by atoms with Crippen LogP contribution >= 0.6 is 43.5 Å². The molecule has 2 rings (SSSR count). The lowest BCUT2D eigenvalue weighted by Crippen LogP contribution is -1.98. The van der Waals surface area contributed by atoms with Crippen LogP contribution < -0.4 is 5.43 Å². The summed E-state index contributed by atoms with van der Waals surface area (Å²) in [5.41, 5.74) is 3.57. The summed E-state index contributed by atoms with van der Waals surface area (Å²) < 4.78 is 1.29. The van der Waals surface area contributed by atoms with Crippen LogP contribution in [0.1, 0.15) is 15.9 Å². The van der Waals surface area contributed by atoms with Crippen molar-refractivity contribution in [2.75, 3.05) is 5.43 Å². The third-order valence-electron chi connectivity index (χ3n) is 2.66. The van der Waals surface area contributed by atoms with Crippen molar-refractivity contribution in [2.24, 2.45) is 5.10 Å². The number of aromatic hydroxyl groups is 1. The van der Waals surface area contributed by atoms with E-state index in [2.05, 4.69) is 42.4 Å². The highest BCUT2D eigenvalue weighted by Crippen LogP contribution is 2.30. The van der Waals surface area contributed by atoms with Gasteiger partial charge in [-0.3, -0.25) is 5.43 Å². The molecule has 0 spiro atoms. The van der Waals surface area contributed by atoms with E-state index < -0.39 is 5.97 Å². The second-order valence-corrected chi connectivity index (χ2v) is 6.37. The van der Waals surface area contributed by atoms with Gasteiger partial charge in [0.15, 0.2) is 0 Å². The van der Waals surface area contributed by atoms with Crippen molar-refractivity contribution in [1.82, 2.24) is 0 Å². The zero-order valence-corrected chi connectivity index (χ0v) is 14.8. The molecule has 0 aliphatic rings. The number of hydrogen-bond acceptors (Lipinski definition) is 4. The van der Waals surface area contributed by atoms with E-state index >= 15 is 0 Å². The van der Waals surface area contributed by atoms with Crippen LogP contribution in [0.5, 0.6) is 5.75 Å². The molecule has 0 aliphatic carbocycles. The first-order valence-electron chi connectivity index (χ1n) is 5.88. The van der Waals surface area contributed by atoms with Gasteiger partial charge in [-0.1, -0.05) is 27.5 Å². The molecule has 114 valence electrons. The largest absolute Gasteiger partial charge is 0.506 e. The molecule has 0 fully saturated rings. The number of nitrogens with one attached hydrogen (secondary N) is 1. The molecule has 0 aliphatic heterocycles. The molecule has 2 aromatic carbocycles. The van der Waals surface area contributed by atoms with Crippen LogP contribution in [-0.2, 0) is 0 Å². The summed E-state index contributed by atoms with van der Waals surface area (Å²) in [5, 5.41) is 23.1. The lowest BCUT2D eigenvalue weighted by molar-refractivity contribution is 0.0697. The summed E-state index contributed by atoms with van der Waals surface area (Å²) in [6.07, 6.45) is 1.40. The van der Waals surface area contributed by atoms with Gasteiger partial charge in [-0.2, -0.15) is 5.10 Å². The zero-order chi connectivity index (χ0) is 16.3. The molecule has 0 radical (unpaired) electrons. The van der Waals surface area contributed by atoms with Crippen LogP contribution in [0.4, 0.5) is 5.69 Å². The van der Waals surface area contributed by atoms with Gasteiger partial charge in [0.25, 0.3) is 0 Å². The average Bonchev–Trinajstić information content (AvgIpc) is 2.45. The fourth-order valence-corrected chi connectivity index (χ4v) is 3.02. The van der Waals surface area contributed by atoms with Gasteiger partial charge in [0.1, 0.15) is 5.75 Å². The van der Waals surface area contributed by atoms with Crippen LogP contribution in [-0.4, -0.2) is 22.4 Å². The Morgan fingerprint density at radius 1 is 1.27 bits per heavy atom. The van der Waals surface area contributed by atoms with Crippen molar-refractivity contribution >= 4 is 61.3 Å². The van der Waals surface area contributed by atoms with Gasteiger partial charge in [-0.15, -0.1) is 0 Å². The Morgan fingerprint density at radius 3 is 2.68 bits per heavy atom. The highest BCUT2D eigenvalue weighted by Gasteiger charge is 2.07. The Morgan fingerprint density at radius 2 is 2.00 bits per heavy atom. The number of anilines is 1. The molecule has 0 bridgehead atoms. The minimum Gasteiger partial charge on any atom is -0.506 e. The van der Waals surface area contributed by atoms with Crippen molar-refractivity contribution in [3.8, 4) is 5.75 Å². The van der Waals surface area contributed by atoms with Gasteiger partial charge in [-0.05, 0) is 46.3 Å². The number of nitrogens with zero attached hydrogens (tertiary/aromatic N) is 1. The fourth-order valence-electron chi connectivity index (χ4n) is 1.60. The number of phenols is 1. The second-order valence-electron chi connectivity index (χ2n) is 4.20. The van der Waals surface area contributed by atoms with E-state index in [0.29, 0.717) is 20.7 Å². The predicted octanol–water partition coefficient (Wildman–Crippen LogP) is 4.71. The quantitative estimate of drug-likeness (QED) is 0.467. The number of carbonyl (C=O) groups is 1. The van der Waals surface area contributed by atoms with E-state index in [1.807, 2.05) is 0 Å². The van der Waals surface area contributed by atoms with Crippen LogP contribution in [0.3, 0.4) is 0 Å². The molecule has 0 saturated heterocycles. The highest BCUT2D eigenvalue weighted by molar-refractivity contribution is 9.11. The molecule has 22 heavy (non-hydrogen) atoms. The third kappa shape index (κ3) is 4.00. The Kier molecular flexibility index (Phi) is 5.44. The maximum Gasteiger partial charge on any atom is 0.335 e. The predicted molar refractivity (Wildman–Crippen MR) is 93.1 cm³/mol. The summed E-state index contributed by atoms with van der Waals surface area (Å²) in [5.74, 6) is -1.02. The molecule has 3 N–H and O–H groups in total. The van der Waals surface area contributed by atoms with Gasteiger partial charge >= 0.3 is 5.97 Å². The molecule has 0 amide bonds. The number of phenolic OH excluding ortho intramolecular Hbond substituents is 1. The fraction of sp³-hybridized carbons (Fsp3) is 0. The molecule has 0 unspecified atom stereocenters. The molecule has 5 nitrogen and oxygen atoms in total. The summed E-state index contributed by atoms with van der Waals surface area (Å²) in [6.45, 7) is 0. The summed E-state index contributed by atoms with van der Waals surface area (Å²) >= 11 is 12.5. The Hall–Kier alpha value is -1.57. The summed E-state index contributed by atoms with van der Waals surface area (Å²) in [6, 6.07) is 7.62. The number of aromatic carboxylic acids is 1. The average molecular weight is 448 g/mol. The standard InChI is InChI=1S/C14H9Br2ClN2O3/c15-9-3-8(13(20)10(16)5-9)6-18-19-12-4-7(14(21)22)1-2-11(12)17/h1-6,19-20H,(H,21,22). The van der Waals surface area contributed by atoms with Crippen molar-refractivity contribution < 1.29 is 15.0 Å². The van der Waals surface area contributed by atoms with E-state index in [-0.39, 0.29) is 11.3 Å². The third-order valence-corrected chi connectivity index (χ3v) is 4.05. The maximum absolute atomic E-state index is 10.9. The lowest BCUT2D eigenvalue weighted by Gasteiger charge is -2.06. The van der Waals surface area contributed by atoms with Crippen molar-refractivity contribution in [3.05, 3.63) is 55.4 Å². The Labute approximate surface area is 147 Å². The lowest BCUT2D eigenvalue weighted by atomic mass is 10.2. The van der Waals surface area contributed by atoms with Crippen LogP contribution in [0, 0.1) is 0 Å². The molecule has 8 heteroatoms. The minimum atomic E-state index is -1.06. The first-order valence-corrected chi connectivity index (χ1v) is 7.85. The smallest absolute Gasteiger partial charge is 0.335 e. The number of benzene rings is 2. The molecule has 2 aromatic rings. The maximum atomic E-state index is 10.9. The first-order chi connectivity index (χ1) is 10.4. The van der Waals surface area contributed by atoms with Crippen molar-refractivity contribution in [2.45, 2.75) is 0 Å². The highest BCUT2D eigenvalue weighted by atomic mass is 79.9. The molecule has 0 saturated carbocycles. The van der Waals surface area contributed by atoms with Crippen molar-refractivity contribution in [1.29, 1.82) is 0 Å². The van der Waals surface area contributed by atoms with E-state index in [9.17, 15) is 9.90 Å². The molecule has 0 heterocycles. The summed E-state index contributed by atoms with van der Waals surface area (Å²) in [7, 11) is 0. The van der Waals surface area contributed by atoms with Gasteiger partial charge in [0, 0.05) is 10.0 Å². The number of carboxylic acid groups (broad SMARTS) is 1. The Balaban J connectivity index is 2.23. The summed E-state index contributed by atoms with van der Waals surface area (Å²) in [4.78, 5) is 10.9. The van der Waals surface area contributed by atoms with Crippen LogP contribution in [0.2, 0.25) is 5.02 Å². The number of hydrogen-bond donors (Lipinski definition) is 3. The zero-order valence-electron chi connectivity index (χ0n) is 10.8. The number of halogens is 3. The minimum absolute atomic E-state index is 0.0409. The second kappa shape index (κ2) is 7.13. The van der Waals surface area contributed by atoms with Crippen LogP contribution in [0.15, 0.2) is 44.4 Å². The first kappa shape index (κ1) is 16.8. The van der Waals surface area contributed by atoms with E-state index in [1.165, 1.54) is 24.4 Å². The number of hydrazone groups is 1. The number of carboxylic acids is 1. The monoisotopic (exact) mass is 446 g/mol. The van der Waals surface area contributed by atoms with Crippen LogP contribution in [0.25, 0.3) is 0 Å². The van der Waals surface area contributed by atoms with E-state index in [0.717, 1.165) is 4.47 Å². The topological polar surface area (TPSA) is 81.9 Å². The van der Waals surface area contributed by atoms with Gasteiger partial charge in [0.2, 0.25) is 0 Å². The van der Waals surface area contributed by atoms with Gasteiger partial charge < -0.3 is 10.2 Å². The van der Waals surface area contributed by atoms with Gasteiger partial charge in [-0.25, -0.2) is 4.79 Å². The van der Waals surface area contributed by atoms with Crippen molar-refractivity contribution in [3.63, 3.8) is 0 Å². The van der Waals surface area contributed by atoms with E-state index in [1.54, 1.807) is 12.1 Å². The molecular weight excluding hydrogens is 439 g/mol.